The second-order valence-electron chi connectivity index (χ2n) is 6.38. The lowest BCUT2D eigenvalue weighted by atomic mass is 9.96. The standard InChI is InChI=1S/C19H20ClN3OS/c1-23(11-13-5-4-6-14(20)9-13)12-18(24)22-19-16(10-21)15-7-2-3-8-17(15)25-19/h4-6,9H,2-3,7-8,11-12H2,1H3,(H,22,24). The number of amides is 1. The summed E-state index contributed by atoms with van der Waals surface area (Å²) in [5.74, 6) is -0.0976. The van der Waals surface area contributed by atoms with Crippen molar-refractivity contribution in [2.75, 3.05) is 18.9 Å². The van der Waals surface area contributed by atoms with E-state index in [0.717, 1.165) is 36.8 Å². The Kier molecular flexibility index (Phi) is 5.74. The number of thiophene rings is 1. The van der Waals surface area contributed by atoms with E-state index in [1.54, 1.807) is 11.3 Å². The van der Waals surface area contributed by atoms with Crippen molar-refractivity contribution in [2.45, 2.75) is 32.2 Å². The zero-order valence-corrected chi connectivity index (χ0v) is 15.7. The van der Waals surface area contributed by atoms with Gasteiger partial charge in [-0.3, -0.25) is 9.69 Å². The molecule has 1 amide bonds. The topological polar surface area (TPSA) is 56.1 Å². The molecular weight excluding hydrogens is 354 g/mol. The van der Waals surface area contributed by atoms with E-state index >= 15 is 0 Å². The minimum atomic E-state index is -0.0976. The Balaban J connectivity index is 1.63. The summed E-state index contributed by atoms with van der Waals surface area (Å²) in [6, 6.07) is 9.90. The number of benzene rings is 1. The van der Waals surface area contributed by atoms with Crippen molar-refractivity contribution in [3.8, 4) is 6.07 Å². The van der Waals surface area contributed by atoms with E-state index in [9.17, 15) is 10.1 Å². The number of nitrogens with zero attached hydrogens (tertiary/aromatic N) is 2. The molecule has 4 nitrogen and oxygen atoms in total. The number of aryl methyl sites for hydroxylation is 1. The Morgan fingerprint density at radius 1 is 1.40 bits per heavy atom. The molecule has 0 atom stereocenters. The molecule has 6 heteroatoms. The molecule has 1 aromatic carbocycles. The summed E-state index contributed by atoms with van der Waals surface area (Å²) >= 11 is 7.55. The first-order valence-electron chi connectivity index (χ1n) is 8.34. The molecule has 0 fully saturated rings. The van der Waals surface area contributed by atoms with Crippen molar-refractivity contribution in [3.05, 3.63) is 50.9 Å². The molecule has 2 aromatic rings. The number of carbonyl (C=O) groups excluding carboxylic acids is 1. The van der Waals surface area contributed by atoms with Gasteiger partial charge < -0.3 is 5.32 Å². The van der Waals surface area contributed by atoms with Crippen LogP contribution in [0.3, 0.4) is 0 Å². The first kappa shape index (κ1) is 17.9. The molecule has 0 radical (unpaired) electrons. The fraction of sp³-hybridized carbons (Fsp3) is 0.368. The third kappa shape index (κ3) is 4.40. The molecule has 3 rings (SSSR count). The molecule has 1 aliphatic carbocycles. The number of carbonyl (C=O) groups is 1. The molecule has 1 aliphatic rings. The Morgan fingerprint density at radius 2 is 2.20 bits per heavy atom. The van der Waals surface area contributed by atoms with Crippen LogP contribution in [-0.2, 0) is 24.2 Å². The highest BCUT2D eigenvalue weighted by molar-refractivity contribution is 7.16. The fourth-order valence-corrected chi connectivity index (χ4v) is 4.66. The van der Waals surface area contributed by atoms with Crippen molar-refractivity contribution >= 4 is 33.8 Å². The van der Waals surface area contributed by atoms with Gasteiger partial charge in [0.25, 0.3) is 0 Å². The Labute approximate surface area is 157 Å². The molecule has 0 saturated carbocycles. The lowest BCUT2D eigenvalue weighted by Crippen LogP contribution is -2.29. The van der Waals surface area contributed by atoms with Crippen LogP contribution in [0.4, 0.5) is 5.00 Å². The van der Waals surface area contributed by atoms with Crippen LogP contribution >= 0.6 is 22.9 Å². The molecule has 0 aliphatic heterocycles. The summed E-state index contributed by atoms with van der Waals surface area (Å²) in [5.41, 5.74) is 2.86. The van der Waals surface area contributed by atoms with Gasteiger partial charge in [0.05, 0.1) is 12.1 Å². The summed E-state index contributed by atoms with van der Waals surface area (Å²) in [6.45, 7) is 0.903. The van der Waals surface area contributed by atoms with Crippen LogP contribution in [0.15, 0.2) is 24.3 Å². The molecule has 1 aromatic heterocycles. The molecule has 130 valence electrons. The number of nitrogens with one attached hydrogen (secondary N) is 1. The largest absolute Gasteiger partial charge is 0.315 e. The molecule has 25 heavy (non-hydrogen) atoms. The smallest absolute Gasteiger partial charge is 0.239 e. The van der Waals surface area contributed by atoms with Crippen LogP contribution in [0.25, 0.3) is 0 Å². The Hall–Kier alpha value is -1.87. The Morgan fingerprint density at radius 3 is 2.96 bits per heavy atom. The quantitative estimate of drug-likeness (QED) is 0.853. The van der Waals surface area contributed by atoms with Crippen molar-refractivity contribution in [1.82, 2.24) is 4.90 Å². The minimum absolute atomic E-state index is 0.0976. The van der Waals surface area contributed by atoms with E-state index < -0.39 is 0 Å². The summed E-state index contributed by atoms with van der Waals surface area (Å²) in [6.07, 6.45) is 4.24. The van der Waals surface area contributed by atoms with Gasteiger partial charge in [0.1, 0.15) is 11.1 Å². The number of hydrogen-bond donors (Lipinski definition) is 1. The monoisotopic (exact) mass is 373 g/mol. The van der Waals surface area contributed by atoms with E-state index in [2.05, 4.69) is 11.4 Å². The zero-order chi connectivity index (χ0) is 17.8. The lowest BCUT2D eigenvalue weighted by Gasteiger charge is -2.16. The zero-order valence-electron chi connectivity index (χ0n) is 14.1. The van der Waals surface area contributed by atoms with E-state index in [4.69, 9.17) is 11.6 Å². The molecule has 1 heterocycles. The predicted octanol–water partition coefficient (Wildman–Crippen LogP) is 4.22. The maximum Gasteiger partial charge on any atom is 0.239 e. The van der Waals surface area contributed by atoms with Gasteiger partial charge in [-0.1, -0.05) is 23.7 Å². The number of nitriles is 1. The SMILES string of the molecule is CN(CC(=O)Nc1sc2c(c1C#N)CCCC2)Cc1cccc(Cl)c1. The van der Waals surface area contributed by atoms with Crippen molar-refractivity contribution < 1.29 is 4.79 Å². The summed E-state index contributed by atoms with van der Waals surface area (Å²) < 4.78 is 0. The van der Waals surface area contributed by atoms with Crippen LogP contribution in [0.5, 0.6) is 0 Å². The number of rotatable bonds is 5. The molecular formula is C19H20ClN3OS. The van der Waals surface area contributed by atoms with Crippen molar-refractivity contribution in [1.29, 1.82) is 5.26 Å². The maximum absolute atomic E-state index is 12.4. The molecule has 0 spiro atoms. The molecule has 0 bridgehead atoms. The van der Waals surface area contributed by atoms with Crippen LogP contribution in [-0.4, -0.2) is 24.4 Å². The average Bonchev–Trinajstić information content (AvgIpc) is 2.91. The Bertz CT molecular complexity index is 825. The van der Waals surface area contributed by atoms with Crippen LogP contribution in [0, 0.1) is 11.3 Å². The van der Waals surface area contributed by atoms with E-state index in [1.165, 1.54) is 4.88 Å². The van der Waals surface area contributed by atoms with Gasteiger partial charge >= 0.3 is 0 Å². The maximum atomic E-state index is 12.4. The van der Waals surface area contributed by atoms with Crippen LogP contribution in [0.1, 0.15) is 34.4 Å². The van der Waals surface area contributed by atoms with E-state index in [-0.39, 0.29) is 12.5 Å². The third-order valence-electron chi connectivity index (χ3n) is 4.29. The lowest BCUT2D eigenvalue weighted by molar-refractivity contribution is -0.117. The highest BCUT2D eigenvalue weighted by Crippen LogP contribution is 2.37. The number of hydrogen-bond acceptors (Lipinski definition) is 4. The highest BCUT2D eigenvalue weighted by Gasteiger charge is 2.22. The minimum Gasteiger partial charge on any atom is -0.315 e. The van der Waals surface area contributed by atoms with Crippen molar-refractivity contribution in [2.24, 2.45) is 0 Å². The average molecular weight is 374 g/mol. The predicted molar refractivity (Wildman–Crippen MR) is 102 cm³/mol. The number of fused-ring (bicyclic) bond motifs is 1. The molecule has 0 unspecified atom stereocenters. The van der Waals surface area contributed by atoms with Crippen LogP contribution in [0.2, 0.25) is 5.02 Å². The summed E-state index contributed by atoms with van der Waals surface area (Å²) in [7, 11) is 1.89. The molecule has 0 saturated heterocycles. The van der Waals surface area contributed by atoms with Gasteiger partial charge in [0, 0.05) is 16.4 Å². The van der Waals surface area contributed by atoms with Gasteiger partial charge in [-0.25, -0.2) is 0 Å². The first-order valence-corrected chi connectivity index (χ1v) is 9.53. The number of anilines is 1. The second kappa shape index (κ2) is 8.01. The highest BCUT2D eigenvalue weighted by atomic mass is 35.5. The van der Waals surface area contributed by atoms with Gasteiger partial charge in [-0.05, 0) is 56.0 Å². The van der Waals surface area contributed by atoms with E-state index in [0.29, 0.717) is 22.1 Å². The first-order chi connectivity index (χ1) is 12.1. The van der Waals surface area contributed by atoms with Gasteiger partial charge in [-0.15, -0.1) is 11.3 Å². The van der Waals surface area contributed by atoms with Crippen molar-refractivity contribution in [3.63, 3.8) is 0 Å². The third-order valence-corrected chi connectivity index (χ3v) is 5.73. The molecule has 1 N–H and O–H groups in total. The number of likely N-dealkylation sites (N-methyl/N-ethyl adjacent to an activating group) is 1. The summed E-state index contributed by atoms with van der Waals surface area (Å²) in [5, 5.41) is 13.8. The normalized spacial score (nSPS) is 13.4. The van der Waals surface area contributed by atoms with Gasteiger partial charge in [0.2, 0.25) is 5.91 Å². The van der Waals surface area contributed by atoms with Gasteiger partial charge in [-0.2, -0.15) is 5.26 Å². The summed E-state index contributed by atoms with van der Waals surface area (Å²) in [4.78, 5) is 15.6. The second-order valence-corrected chi connectivity index (χ2v) is 7.92. The van der Waals surface area contributed by atoms with Gasteiger partial charge in [0.15, 0.2) is 0 Å². The van der Waals surface area contributed by atoms with E-state index in [1.807, 2.05) is 36.2 Å². The number of halogens is 1. The fourth-order valence-electron chi connectivity index (χ4n) is 3.19. The van der Waals surface area contributed by atoms with Crippen LogP contribution < -0.4 is 5.32 Å².